The van der Waals surface area contributed by atoms with E-state index in [0.717, 1.165) is 44.5 Å². The predicted octanol–water partition coefficient (Wildman–Crippen LogP) is 2.67. The second kappa shape index (κ2) is 6.71. The summed E-state index contributed by atoms with van der Waals surface area (Å²) in [6, 6.07) is 14.2. The average Bonchev–Trinajstić information content (AvgIpc) is 2.57. The highest BCUT2D eigenvalue weighted by molar-refractivity contribution is 5.74. The van der Waals surface area contributed by atoms with E-state index in [4.69, 9.17) is 0 Å². The zero-order valence-electron chi connectivity index (χ0n) is 12.6. The van der Waals surface area contributed by atoms with Crippen LogP contribution in [0.15, 0.2) is 48.7 Å². The van der Waals surface area contributed by atoms with E-state index < -0.39 is 0 Å². The van der Waals surface area contributed by atoms with Crippen LogP contribution in [-0.2, 0) is 6.42 Å². The Morgan fingerprint density at radius 2 is 2.09 bits per heavy atom. The summed E-state index contributed by atoms with van der Waals surface area (Å²) >= 11 is 0. The number of carbonyl (C=O) groups is 1. The number of hydrogen-bond acceptors (Lipinski definition) is 4. The first-order valence-corrected chi connectivity index (χ1v) is 7.74. The molecule has 0 spiro atoms. The van der Waals surface area contributed by atoms with E-state index in [2.05, 4.69) is 39.9 Å². The van der Waals surface area contributed by atoms with Crippen LogP contribution in [0.4, 0.5) is 5.82 Å². The Labute approximate surface area is 131 Å². The summed E-state index contributed by atoms with van der Waals surface area (Å²) in [7, 11) is 0. The van der Waals surface area contributed by atoms with Crippen LogP contribution in [0.3, 0.4) is 0 Å². The highest BCUT2D eigenvalue weighted by Gasteiger charge is 2.32. The summed E-state index contributed by atoms with van der Waals surface area (Å²) in [6.45, 7) is 1.98. The molecule has 0 saturated carbocycles. The van der Waals surface area contributed by atoms with Gasteiger partial charge < -0.3 is 10.6 Å². The number of rotatable bonds is 5. The molecule has 114 valence electrons. The third-order valence-corrected chi connectivity index (χ3v) is 4.17. The van der Waals surface area contributed by atoms with E-state index in [9.17, 15) is 4.79 Å². The Balaban J connectivity index is 1.80. The first-order valence-electron chi connectivity index (χ1n) is 7.74. The van der Waals surface area contributed by atoms with Crippen molar-refractivity contribution in [3.63, 3.8) is 0 Å². The number of anilines is 1. The highest BCUT2D eigenvalue weighted by Crippen LogP contribution is 2.26. The number of nitrogens with one attached hydrogen (secondary N) is 2. The SMILES string of the molecule is O=Cc1ccc(N[C@@]2(Cc3ccccc3)CCCNC2)nc1. The van der Waals surface area contributed by atoms with Crippen LogP contribution in [-0.4, -0.2) is 29.9 Å². The molecule has 2 aromatic rings. The molecule has 2 N–H and O–H groups in total. The molecule has 4 nitrogen and oxygen atoms in total. The van der Waals surface area contributed by atoms with Gasteiger partial charge >= 0.3 is 0 Å². The van der Waals surface area contributed by atoms with Gasteiger partial charge in [0.2, 0.25) is 0 Å². The number of carbonyl (C=O) groups excluding carboxylic acids is 1. The summed E-state index contributed by atoms with van der Waals surface area (Å²) in [5.41, 5.74) is 1.89. The minimum atomic E-state index is -0.0324. The number of benzene rings is 1. The van der Waals surface area contributed by atoms with E-state index >= 15 is 0 Å². The first kappa shape index (κ1) is 14.7. The molecular weight excluding hydrogens is 274 g/mol. The second-order valence-electron chi connectivity index (χ2n) is 5.94. The molecule has 1 aliphatic heterocycles. The molecule has 1 aromatic heterocycles. The molecule has 3 rings (SSSR count). The maximum Gasteiger partial charge on any atom is 0.151 e. The predicted molar refractivity (Wildman–Crippen MR) is 88.2 cm³/mol. The lowest BCUT2D eigenvalue weighted by molar-refractivity contribution is 0.112. The standard InChI is InChI=1S/C18H21N3O/c22-13-16-7-8-17(20-12-16)21-18(9-4-10-19-14-18)11-15-5-2-1-3-6-15/h1-3,5-8,12-13,19H,4,9-11,14H2,(H,20,21)/t18-/m1/s1. The van der Waals surface area contributed by atoms with Crippen molar-refractivity contribution in [2.45, 2.75) is 24.8 Å². The molecule has 1 saturated heterocycles. The topological polar surface area (TPSA) is 54.0 Å². The summed E-state index contributed by atoms with van der Waals surface area (Å²) in [4.78, 5) is 15.1. The van der Waals surface area contributed by atoms with Crippen molar-refractivity contribution in [1.29, 1.82) is 0 Å². The molecule has 1 fully saturated rings. The summed E-state index contributed by atoms with van der Waals surface area (Å²) in [6.07, 6.45) is 5.64. The molecule has 22 heavy (non-hydrogen) atoms. The van der Waals surface area contributed by atoms with Gasteiger partial charge in [-0.3, -0.25) is 4.79 Å². The molecule has 4 heteroatoms. The van der Waals surface area contributed by atoms with Crippen LogP contribution in [0, 0.1) is 0 Å². The molecular formula is C18H21N3O. The van der Waals surface area contributed by atoms with Gasteiger partial charge in [-0.2, -0.15) is 0 Å². The Kier molecular flexibility index (Phi) is 4.49. The zero-order valence-corrected chi connectivity index (χ0v) is 12.6. The van der Waals surface area contributed by atoms with Crippen LogP contribution < -0.4 is 10.6 Å². The fourth-order valence-electron chi connectivity index (χ4n) is 3.08. The van der Waals surface area contributed by atoms with Crippen molar-refractivity contribution in [1.82, 2.24) is 10.3 Å². The average molecular weight is 295 g/mol. The molecule has 1 aliphatic rings. The fourth-order valence-corrected chi connectivity index (χ4v) is 3.08. The number of pyridine rings is 1. The molecule has 1 atom stereocenters. The molecule has 0 amide bonds. The number of aromatic nitrogens is 1. The largest absolute Gasteiger partial charge is 0.363 e. The second-order valence-corrected chi connectivity index (χ2v) is 5.94. The number of nitrogens with zero attached hydrogens (tertiary/aromatic N) is 1. The highest BCUT2D eigenvalue weighted by atomic mass is 16.1. The third kappa shape index (κ3) is 3.52. The smallest absolute Gasteiger partial charge is 0.151 e. The van der Waals surface area contributed by atoms with Gasteiger partial charge in [-0.25, -0.2) is 4.98 Å². The van der Waals surface area contributed by atoms with E-state index in [-0.39, 0.29) is 5.54 Å². The van der Waals surface area contributed by atoms with Gasteiger partial charge in [-0.15, -0.1) is 0 Å². The maximum absolute atomic E-state index is 10.7. The Hall–Kier alpha value is -2.20. The van der Waals surface area contributed by atoms with Gasteiger partial charge in [-0.05, 0) is 43.5 Å². The molecule has 0 unspecified atom stereocenters. The molecule has 2 heterocycles. The van der Waals surface area contributed by atoms with Gasteiger partial charge in [0.15, 0.2) is 6.29 Å². The molecule has 0 radical (unpaired) electrons. The summed E-state index contributed by atoms with van der Waals surface area (Å²) in [5.74, 6) is 0.824. The quantitative estimate of drug-likeness (QED) is 0.833. The van der Waals surface area contributed by atoms with Crippen LogP contribution in [0.25, 0.3) is 0 Å². The van der Waals surface area contributed by atoms with E-state index in [1.54, 1.807) is 12.3 Å². The Bertz CT molecular complexity index is 604. The first-order chi connectivity index (χ1) is 10.8. The monoisotopic (exact) mass is 295 g/mol. The van der Waals surface area contributed by atoms with Crippen molar-refractivity contribution in [3.8, 4) is 0 Å². The van der Waals surface area contributed by atoms with Crippen molar-refractivity contribution >= 4 is 12.1 Å². The van der Waals surface area contributed by atoms with Crippen LogP contribution in [0.5, 0.6) is 0 Å². The van der Waals surface area contributed by atoms with E-state index in [1.165, 1.54) is 5.56 Å². The van der Waals surface area contributed by atoms with Crippen molar-refractivity contribution in [2.24, 2.45) is 0 Å². The van der Waals surface area contributed by atoms with Crippen LogP contribution >= 0.6 is 0 Å². The fraction of sp³-hybridized carbons (Fsp3) is 0.333. The lowest BCUT2D eigenvalue weighted by atomic mass is 9.84. The number of hydrogen-bond donors (Lipinski definition) is 2. The maximum atomic E-state index is 10.7. The summed E-state index contributed by atoms with van der Waals surface area (Å²) < 4.78 is 0. The minimum absolute atomic E-state index is 0.0324. The minimum Gasteiger partial charge on any atom is -0.363 e. The number of aldehydes is 1. The van der Waals surface area contributed by atoms with Crippen LogP contribution in [0.1, 0.15) is 28.8 Å². The van der Waals surface area contributed by atoms with Crippen LogP contribution in [0.2, 0.25) is 0 Å². The van der Waals surface area contributed by atoms with Gasteiger partial charge in [-0.1, -0.05) is 30.3 Å². The Morgan fingerprint density at radius 1 is 1.23 bits per heavy atom. The van der Waals surface area contributed by atoms with Crippen molar-refractivity contribution in [2.75, 3.05) is 18.4 Å². The van der Waals surface area contributed by atoms with Gasteiger partial charge in [0.25, 0.3) is 0 Å². The molecule has 1 aromatic carbocycles. The van der Waals surface area contributed by atoms with Crippen molar-refractivity contribution < 1.29 is 4.79 Å². The van der Waals surface area contributed by atoms with E-state index in [0.29, 0.717) is 5.56 Å². The summed E-state index contributed by atoms with van der Waals surface area (Å²) in [5, 5.41) is 7.10. The van der Waals surface area contributed by atoms with E-state index in [1.807, 2.05) is 12.1 Å². The lowest BCUT2D eigenvalue weighted by Gasteiger charge is -2.39. The molecule has 0 aliphatic carbocycles. The Morgan fingerprint density at radius 3 is 2.73 bits per heavy atom. The van der Waals surface area contributed by atoms with Crippen molar-refractivity contribution in [3.05, 3.63) is 59.8 Å². The number of piperidine rings is 1. The van der Waals surface area contributed by atoms with Gasteiger partial charge in [0.05, 0.1) is 5.54 Å². The lowest BCUT2D eigenvalue weighted by Crippen LogP contribution is -2.53. The molecule has 0 bridgehead atoms. The third-order valence-electron chi connectivity index (χ3n) is 4.17. The van der Waals surface area contributed by atoms with Gasteiger partial charge in [0.1, 0.15) is 5.82 Å². The van der Waals surface area contributed by atoms with Gasteiger partial charge in [0, 0.05) is 18.3 Å². The normalized spacial score (nSPS) is 21.3. The zero-order chi connectivity index (χ0) is 15.3.